The Balaban J connectivity index is 2.11. The standard InChI is InChI=1S/C7H15PS/c8-4-3-6-1-2-7(6)5-9/h6-7,9H,1-5,8H2/t6?,7-/m1/s1. The Hall–Kier alpha value is 0.780. The summed E-state index contributed by atoms with van der Waals surface area (Å²) in [5.41, 5.74) is 0. The van der Waals surface area contributed by atoms with Crippen LogP contribution >= 0.6 is 21.9 Å². The van der Waals surface area contributed by atoms with Crippen LogP contribution < -0.4 is 0 Å². The molecule has 1 rings (SSSR count). The molecule has 2 unspecified atom stereocenters. The minimum absolute atomic E-state index is 0.953. The molecule has 0 aromatic rings. The monoisotopic (exact) mass is 162 g/mol. The van der Waals surface area contributed by atoms with Crippen LogP contribution in [0, 0.1) is 11.8 Å². The normalized spacial score (nSPS) is 34.0. The van der Waals surface area contributed by atoms with Crippen LogP contribution in [0.5, 0.6) is 0 Å². The molecule has 0 radical (unpaired) electrons. The maximum absolute atomic E-state index is 4.29. The van der Waals surface area contributed by atoms with Crippen molar-refractivity contribution >= 4 is 21.9 Å². The van der Waals surface area contributed by atoms with Crippen molar-refractivity contribution in [1.29, 1.82) is 0 Å². The van der Waals surface area contributed by atoms with Crippen molar-refractivity contribution < 1.29 is 0 Å². The SMILES string of the molecule is PCCC1CC[C@@H]1CS. The predicted molar refractivity (Wildman–Crippen MR) is 49.3 cm³/mol. The number of thiol groups is 1. The van der Waals surface area contributed by atoms with Crippen molar-refractivity contribution in [2.45, 2.75) is 19.3 Å². The van der Waals surface area contributed by atoms with Gasteiger partial charge in [0.25, 0.3) is 0 Å². The van der Waals surface area contributed by atoms with E-state index >= 15 is 0 Å². The van der Waals surface area contributed by atoms with Crippen LogP contribution in [0.2, 0.25) is 0 Å². The zero-order valence-corrected chi connectivity index (χ0v) is 7.76. The minimum atomic E-state index is 0.953. The number of hydrogen-bond acceptors (Lipinski definition) is 1. The molecule has 54 valence electrons. The van der Waals surface area contributed by atoms with Gasteiger partial charge in [-0.25, -0.2) is 0 Å². The summed E-state index contributed by atoms with van der Waals surface area (Å²) in [6.45, 7) is 0. The lowest BCUT2D eigenvalue weighted by molar-refractivity contribution is 0.197. The lowest BCUT2D eigenvalue weighted by atomic mass is 9.73. The van der Waals surface area contributed by atoms with E-state index in [-0.39, 0.29) is 0 Å². The van der Waals surface area contributed by atoms with Crippen LogP contribution in [0.1, 0.15) is 19.3 Å². The Morgan fingerprint density at radius 1 is 1.33 bits per heavy atom. The maximum Gasteiger partial charge on any atom is -0.00668 e. The van der Waals surface area contributed by atoms with Gasteiger partial charge < -0.3 is 0 Å². The van der Waals surface area contributed by atoms with E-state index in [1.165, 1.54) is 25.4 Å². The molecule has 0 heterocycles. The van der Waals surface area contributed by atoms with Gasteiger partial charge in [0.15, 0.2) is 0 Å². The van der Waals surface area contributed by atoms with Gasteiger partial charge in [-0.05, 0) is 43.0 Å². The molecule has 0 spiro atoms. The van der Waals surface area contributed by atoms with Gasteiger partial charge in [0.1, 0.15) is 0 Å². The molecule has 2 heteroatoms. The molecule has 0 saturated heterocycles. The summed E-state index contributed by atoms with van der Waals surface area (Å²) in [5, 5.41) is 0. The van der Waals surface area contributed by atoms with Crippen molar-refractivity contribution in [2.24, 2.45) is 11.8 Å². The van der Waals surface area contributed by atoms with Crippen LogP contribution in [0.15, 0.2) is 0 Å². The molecule has 3 atom stereocenters. The molecule has 1 aliphatic rings. The van der Waals surface area contributed by atoms with Crippen LogP contribution in [0.25, 0.3) is 0 Å². The zero-order chi connectivity index (χ0) is 6.69. The van der Waals surface area contributed by atoms with E-state index in [1.54, 1.807) is 0 Å². The highest BCUT2D eigenvalue weighted by atomic mass is 32.1. The van der Waals surface area contributed by atoms with Crippen LogP contribution in [-0.4, -0.2) is 11.9 Å². The molecule has 1 aliphatic carbocycles. The fraction of sp³-hybridized carbons (Fsp3) is 1.00. The molecular weight excluding hydrogens is 147 g/mol. The van der Waals surface area contributed by atoms with E-state index in [1.807, 2.05) is 0 Å². The van der Waals surface area contributed by atoms with Crippen molar-refractivity contribution in [3.8, 4) is 0 Å². The highest BCUT2D eigenvalue weighted by molar-refractivity contribution is 7.80. The number of rotatable bonds is 3. The van der Waals surface area contributed by atoms with Crippen LogP contribution in [0.3, 0.4) is 0 Å². The van der Waals surface area contributed by atoms with Gasteiger partial charge in [0, 0.05) is 0 Å². The molecule has 0 aromatic heterocycles. The highest BCUT2D eigenvalue weighted by Crippen LogP contribution is 2.37. The van der Waals surface area contributed by atoms with Crippen LogP contribution in [0.4, 0.5) is 0 Å². The Kier molecular flexibility index (Phi) is 3.35. The fourth-order valence-corrected chi connectivity index (χ4v) is 2.38. The zero-order valence-electron chi connectivity index (χ0n) is 5.71. The summed E-state index contributed by atoms with van der Waals surface area (Å²) in [6, 6.07) is 0. The van der Waals surface area contributed by atoms with E-state index in [2.05, 4.69) is 21.9 Å². The number of hydrogen-bond donors (Lipinski definition) is 1. The fourth-order valence-electron chi connectivity index (χ4n) is 1.47. The molecule has 0 N–H and O–H groups in total. The summed E-state index contributed by atoms with van der Waals surface area (Å²) >= 11 is 4.29. The first-order chi connectivity index (χ1) is 4.38. The molecule has 0 aliphatic heterocycles. The molecule has 9 heavy (non-hydrogen) atoms. The first-order valence-electron chi connectivity index (χ1n) is 3.69. The molecule has 1 saturated carbocycles. The smallest absolute Gasteiger partial charge is 0.00668 e. The predicted octanol–water partition coefficient (Wildman–Crippen LogP) is 2.21. The van der Waals surface area contributed by atoms with Crippen LogP contribution in [-0.2, 0) is 0 Å². The van der Waals surface area contributed by atoms with E-state index < -0.39 is 0 Å². The average molecular weight is 162 g/mol. The molecule has 0 bridgehead atoms. The van der Waals surface area contributed by atoms with Gasteiger partial charge >= 0.3 is 0 Å². The second kappa shape index (κ2) is 3.83. The summed E-state index contributed by atoms with van der Waals surface area (Å²) < 4.78 is 0. The Morgan fingerprint density at radius 3 is 2.33 bits per heavy atom. The van der Waals surface area contributed by atoms with E-state index in [4.69, 9.17) is 0 Å². The summed E-state index contributed by atoms with van der Waals surface area (Å²) in [5.74, 6) is 3.07. The third kappa shape index (κ3) is 1.85. The molecule has 1 fully saturated rings. The second-order valence-corrected chi connectivity index (χ2v) is 3.80. The third-order valence-electron chi connectivity index (χ3n) is 2.35. The van der Waals surface area contributed by atoms with E-state index in [0.717, 1.165) is 17.6 Å². The average Bonchev–Trinajstić information content (AvgIpc) is 1.82. The Bertz CT molecular complexity index is 83.0. The van der Waals surface area contributed by atoms with Gasteiger partial charge in [-0.2, -0.15) is 12.6 Å². The largest absolute Gasteiger partial charge is 0.179 e. The first-order valence-corrected chi connectivity index (χ1v) is 5.14. The van der Waals surface area contributed by atoms with Crippen molar-refractivity contribution in [2.75, 3.05) is 11.9 Å². The van der Waals surface area contributed by atoms with Crippen molar-refractivity contribution in [1.82, 2.24) is 0 Å². The Morgan fingerprint density at radius 2 is 2.00 bits per heavy atom. The lowest BCUT2D eigenvalue weighted by Gasteiger charge is -2.35. The Labute approximate surface area is 65.4 Å². The van der Waals surface area contributed by atoms with Gasteiger partial charge in [0.05, 0.1) is 0 Å². The van der Waals surface area contributed by atoms with E-state index in [9.17, 15) is 0 Å². The highest BCUT2D eigenvalue weighted by Gasteiger charge is 2.27. The second-order valence-electron chi connectivity index (χ2n) is 2.86. The topological polar surface area (TPSA) is 0 Å². The quantitative estimate of drug-likeness (QED) is 0.477. The van der Waals surface area contributed by atoms with E-state index in [0.29, 0.717) is 0 Å². The van der Waals surface area contributed by atoms with Gasteiger partial charge in [-0.1, -0.05) is 0 Å². The minimum Gasteiger partial charge on any atom is -0.179 e. The van der Waals surface area contributed by atoms with Gasteiger partial charge in [0.2, 0.25) is 0 Å². The molecule has 0 aromatic carbocycles. The van der Waals surface area contributed by atoms with Gasteiger partial charge in [-0.3, -0.25) is 0 Å². The summed E-state index contributed by atoms with van der Waals surface area (Å²) in [7, 11) is 2.80. The summed E-state index contributed by atoms with van der Waals surface area (Å²) in [6.07, 6.45) is 5.56. The maximum atomic E-state index is 4.29. The lowest BCUT2D eigenvalue weighted by Crippen LogP contribution is -2.27. The molecule has 0 nitrogen and oxygen atoms in total. The molecule has 0 amide bonds. The van der Waals surface area contributed by atoms with Crippen molar-refractivity contribution in [3.05, 3.63) is 0 Å². The third-order valence-corrected chi connectivity index (χ3v) is 3.15. The summed E-state index contributed by atoms with van der Waals surface area (Å²) in [4.78, 5) is 0. The molecular formula is C7H15PS. The van der Waals surface area contributed by atoms with Gasteiger partial charge in [-0.15, -0.1) is 9.24 Å². The van der Waals surface area contributed by atoms with Crippen molar-refractivity contribution in [3.63, 3.8) is 0 Å². The first kappa shape index (κ1) is 7.88.